The lowest BCUT2D eigenvalue weighted by molar-refractivity contribution is 0.834. The summed E-state index contributed by atoms with van der Waals surface area (Å²) in [4.78, 5) is 0. The fourth-order valence-corrected chi connectivity index (χ4v) is 1.15. The van der Waals surface area contributed by atoms with Crippen LogP contribution >= 0.6 is 0 Å². The molecule has 70 valence electrons. The van der Waals surface area contributed by atoms with Crippen molar-refractivity contribution in [3.05, 3.63) is 36.4 Å². The van der Waals surface area contributed by atoms with Crippen LogP contribution in [0, 0.1) is 0 Å². The Morgan fingerprint density at radius 3 is 2.54 bits per heavy atom. The van der Waals surface area contributed by atoms with Crippen LogP contribution in [0.4, 0.5) is 5.69 Å². The van der Waals surface area contributed by atoms with E-state index < -0.39 is 0 Å². The standard InChI is InChI=1S/C12H17N/c1-3-5-10-13-12-8-6-11(4-2)7-9-12/h4,6-9,13H,2-3,5,10H2,1H3. The molecule has 0 radical (unpaired) electrons. The Balaban J connectivity index is 2.44. The molecular formula is C12H17N. The Labute approximate surface area is 80.5 Å². The molecule has 0 saturated heterocycles. The van der Waals surface area contributed by atoms with Crippen LogP contribution in [0.2, 0.25) is 0 Å². The van der Waals surface area contributed by atoms with E-state index >= 15 is 0 Å². The highest BCUT2D eigenvalue weighted by Gasteiger charge is 1.90. The van der Waals surface area contributed by atoms with Crippen molar-refractivity contribution in [3.8, 4) is 0 Å². The first-order valence-electron chi connectivity index (χ1n) is 4.83. The molecule has 1 N–H and O–H groups in total. The molecule has 0 aliphatic heterocycles. The molecule has 0 saturated carbocycles. The van der Waals surface area contributed by atoms with Gasteiger partial charge in [0.25, 0.3) is 0 Å². The van der Waals surface area contributed by atoms with Gasteiger partial charge >= 0.3 is 0 Å². The van der Waals surface area contributed by atoms with Gasteiger partial charge in [0.15, 0.2) is 0 Å². The summed E-state index contributed by atoms with van der Waals surface area (Å²) in [5.74, 6) is 0. The normalized spacial score (nSPS) is 9.62. The van der Waals surface area contributed by atoms with Gasteiger partial charge < -0.3 is 5.32 Å². The number of nitrogens with one attached hydrogen (secondary N) is 1. The molecule has 1 aromatic rings. The molecule has 0 heterocycles. The maximum atomic E-state index is 3.72. The van der Waals surface area contributed by atoms with Gasteiger partial charge in [-0.05, 0) is 24.1 Å². The summed E-state index contributed by atoms with van der Waals surface area (Å²) in [6.07, 6.45) is 4.32. The molecule has 1 rings (SSSR count). The predicted octanol–water partition coefficient (Wildman–Crippen LogP) is 3.54. The van der Waals surface area contributed by atoms with Gasteiger partial charge in [-0.3, -0.25) is 0 Å². The van der Waals surface area contributed by atoms with Crippen LogP contribution in [-0.2, 0) is 0 Å². The Kier molecular flexibility index (Phi) is 4.10. The molecule has 0 aliphatic carbocycles. The van der Waals surface area contributed by atoms with Gasteiger partial charge in [0.1, 0.15) is 0 Å². The van der Waals surface area contributed by atoms with Gasteiger partial charge in [-0.1, -0.05) is 38.1 Å². The van der Waals surface area contributed by atoms with E-state index in [-0.39, 0.29) is 0 Å². The van der Waals surface area contributed by atoms with Crippen LogP contribution in [0.5, 0.6) is 0 Å². The summed E-state index contributed by atoms with van der Waals surface area (Å²) < 4.78 is 0. The van der Waals surface area contributed by atoms with E-state index in [1.807, 2.05) is 6.08 Å². The SMILES string of the molecule is C=Cc1ccc(NCCCC)cc1. The second-order valence-electron chi connectivity index (χ2n) is 3.11. The number of rotatable bonds is 5. The van der Waals surface area contributed by atoms with Crippen molar-refractivity contribution in [2.75, 3.05) is 11.9 Å². The second-order valence-corrected chi connectivity index (χ2v) is 3.11. The van der Waals surface area contributed by atoms with Gasteiger partial charge in [-0.25, -0.2) is 0 Å². The van der Waals surface area contributed by atoms with Crippen LogP contribution in [0.25, 0.3) is 6.08 Å². The Hall–Kier alpha value is -1.24. The van der Waals surface area contributed by atoms with Crippen molar-refractivity contribution >= 4 is 11.8 Å². The van der Waals surface area contributed by atoms with Crippen molar-refractivity contribution in [1.29, 1.82) is 0 Å². The van der Waals surface area contributed by atoms with Gasteiger partial charge in [-0.2, -0.15) is 0 Å². The summed E-state index contributed by atoms with van der Waals surface area (Å²) in [5.41, 5.74) is 2.36. The lowest BCUT2D eigenvalue weighted by Crippen LogP contribution is -2.00. The summed E-state index contributed by atoms with van der Waals surface area (Å²) in [6, 6.07) is 8.32. The Morgan fingerprint density at radius 1 is 1.31 bits per heavy atom. The van der Waals surface area contributed by atoms with Gasteiger partial charge in [-0.15, -0.1) is 0 Å². The summed E-state index contributed by atoms with van der Waals surface area (Å²) in [6.45, 7) is 6.97. The molecule has 0 unspecified atom stereocenters. The van der Waals surface area contributed by atoms with E-state index in [4.69, 9.17) is 0 Å². The largest absolute Gasteiger partial charge is 0.385 e. The fraction of sp³-hybridized carbons (Fsp3) is 0.333. The Morgan fingerprint density at radius 2 is 2.00 bits per heavy atom. The highest BCUT2D eigenvalue weighted by Crippen LogP contribution is 2.10. The summed E-state index contributed by atoms with van der Waals surface area (Å²) in [7, 11) is 0. The zero-order chi connectivity index (χ0) is 9.52. The van der Waals surface area contributed by atoms with E-state index in [1.165, 1.54) is 24.1 Å². The number of anilines is 1. The zero-order valence-corrected chi connectivity index (χ0v) is 8.22. The number of benzene rings is 1. The van der Waals surface area contributed by atoms with Crippen LogP contribution in [0.3, 0.4) is 0 Å². The molecule has 0 amide bonds. The van der Waals surface area contributed by atoms with Crippen molar-refractivity contribution < 1.29 is 0 Å². The molecule has 0 bridgehead atoms. The van der Waals surface area contributed by atoms with Crippen LogP contribution in [0.15, 0.2) is 30.8 Å². The molecule has 1 nitrogen and oxygen atoms in total. The van der Waals surface area contributed by atoms with E-state index in [1.54, 1.807) is 0 Å². The average Bonchev–Trinajstić information content (AvgIpc) is 2.19. The predicted molar refractivity (Wildman–Crippen MR) is 59.9 cm³/mol. The molecule has 13 heavy (non-hydrogen) atoms. The summed E-state index contributed by atoms with van der Waals surface area (Å²) in [5, 5.41) is 3.36. The van der Waals surface area contributed by atoms with E-state index in [2.05, 4.69) is 43.1 Å². The topological polar surface area (TPSA) is 12.0 Å². The highest BCUT2D eigenvalue weighted by atomic mass is 14.9. The minimum absolute atomic E-state index is 1.06. The van der Waals surface area contributed by atoms with Crippen molar-refractivity contribution in [2.24, 2.45) is 0 Å². The van der Waals surface area contributed by atoms with Crippen LogP contribution in [-0.4, -0.2) is 6.54 Å². The smallest absolute Gasteiger partial charge is 0.0340 e. The quantitative estimate of drug-likeness (QED) is 0.675. The third-order valence-corrected chi connectivity index (χ3v) is 2.01. The van der Waals surface area contributed by atoms with Crippen LogP contribution < -0.4 is 5.32 Å². The van der Waals surface area contributed by atoms with E-state index in [9.17, 15) is 0 Å². The minimum atomic E-state index is 1.06. The molecule has 0 aliphatic rings. The maximum Gasteiger partial charge on any atom is 0.0340 e. The van der Waals surface area contributed by atoms with Crippen molar-refractivity contribution in [2.45, 2.75) is 19.8 Å². The van der Waals surface area contributed by atoms with E-state index in [0.717, 1.165) is 6.54 Å². The third kappa shape index (κ3) is 3.32. The molecular weight excluding hydrogens is 158 g/mol. The zero-order valence-electron chi connectivity index (χ0n) is 8.22. The molecule has 0 aromatic heterocycles. The van der Waals surface area contributed by atoms with Gasteiger partial charge in [0.05, 0.1) is 0 Å². The van der Waals surface area contributed by atoms with Gasteiger partial charge in [0.2, 0.25) is 0 Å². The number of unbranched alkanes of at least 4 members (excludes halogenated alkanes) is 1. The molecule has 0 spiro atoms. The fourth-order valence-electron chi connectivity index (χ4n) is 1.15. The lowest BCUT2D eigenvalue weighted by Gasteiger charge is -2.04. The van der Waals surface area contributed by atoms with Crippen molar-refractivity contribution in [3.63, 3.8) is 0 Å². The number of hydrogen-bond acceptors (Lipinski definition) is 1. The highest BCUT2D eigenvalue weighted by molar-refractivity contribution is 5.53. The third-order valence-electron chi connectivity index (χ3n) is 2.01. The van der Waals surface area contributed by atoms with Crippen LogP contribution in [0.1, 0.15) is 25.3 Å². The lowest BCUT2D eigenvalue weighted by atomic mass is 10.2. The first-order valence-corrected chi connectivity index (χ1v) is 4.83. The first kappa shape index (κ1) is 9.85. The molecule has 1 aromatic carbocycles. The van der Waals surface area contributed by atoms with Crippen molar-refractivity contribution in [1.82, 2.24) is 0 Å². The van der Waals surface area contributed by atoms with E-state index in [0.29, 0.717) is 0 Å². The first-order chi connectivity index (χ1) is 6.36. The number of hydrogen-bond donors (Lipinski definition) is 1. The minimum Gasteiger partial charge on any atom is -0.385 e. The molecule has 0 fully saturated rings. The Bertz CT molecular complexity index is 248. The molecule has 1 heteroatoms. The second kappa shape index (κ2) is 5.41. The summed E-state index contributed by atoms with van der Waals surface area (Å²) >= 11 is 0. The molecule has 0 atom stereocenters. The average molecular weight is 175 g/mol. The monoisotopic (exact) mass is 175 g/mol. The maximum absolute atomic E-state index is 3.72. The van der Waals surface area contributed by atoms with Gasteiger partial charge in [0, 0.05) is 12.2 Å².